The van der Waals surface area contributed by atoms with Gasteiger partial charge in [-0.3, -0.25) is 9.36 Å². The number of aldehydes is 1. The summed E-state index contributed by atoms with van der Waals surface area (Å²) in [6.07, 6.45) is 1.79. The highest BCUT2D eigenvalue weighted by Crippen LogP contribution is 2.12. The third-order valence-corrected chi connectivity index (χ3v) is 1.90. The first kappa shape index (κ1) is 11.5. The van der Waals surface area contributed by atoms with Gasteiger partial charge in [0.25, 0.3) is 0 Å². The zero-order valence-corrected chi connectivity index (χ0v) is 9.40. The molecule has 4 heteroatoms. The highest BCUT2D eigenvalue weighted by Gasteiger charge is 2.19. The topological polar surface area (TPSA) is 48.3 Å². The molecule has 0 spiro atoms. The van der Waals surface area contributed by atoms with Gasteiger partial charge in [-0.15, -0.1) is 0 Å². The molecule has 0 fully saturated rings. The van der Waals surface area contributed by atoms with Crippen LogP contribution in [0.4, 0.5) is 4.79 Å². The van der Waals surface area contributed by atoms with Crippen molar-refractivity contribution in [1.29, 1.82) is 0 Å². The van der Waals surface area contributed by atoms with Gasteiger partial charge in [0.15, 0.2) is 6.29 Å². The summed E-state index contributed by atoms with van der Waals surface area (Å²) in [5.74, 6) is 0. The van der Waals surface area contributed by atoms with Gasteiger partial charge in [0.05, 0.1) is 0 Å². The number of carbonyl (C=O) groups is 2. The van der Waals surface area contributed by atoms with E-state index in [1.807, 2.05) is 0 Å². The molecule has 0 unspecified atom stereocenters. The maximum absolute atomic E-state index is 11.6. The average Bonchev–Trinajstić information content (AvgIpc) is 2.43. The molecular formula is C11H15NO3. The summed E-state index contributed by atoms with van der Waals surface area (Å²) in [5, 5.41) is 0. The fourth-order valence-corrected chi connectivity index (χ4v) is 1.16. The molecule has 0 radical (unpaired) electrons. The normalized spacial score (nSPS) is 11.2. The molecule has 0 bridgehead atoms. The molecule has 1 aromatic rings. The third-order valence-electron chi connectivity index (χ3n) is 1.90. The Hall–Kier alpha value is -1.58. The number of aromatic nitrogens is 1. The smallest absolute Gasteiger partial charge is 0.418 e. The number of hydrogen-bond donors (Lipinski definition) is 0. The van der Waals surface area contributed by atoms with Crippen LogP contribution >= 0.6 is 0 Å². The van der Waals surface area contributed by atoms with E-state index in [0.717, 1.165) is 6.29 Å². The first-order valence-electron chi connectivity index (χ1n) is 4.71. The second kappa shape index (κ2) is 3.88. The van der Waals surface area contributed by atoms with Crippen molar-refractivity contribution in [3.63, 3.8) is 0 Å². The van der Waals surface area contributed by atoms with Gasteiger partial charge in [0, 0.05) is 17.5 Å². The lowest BCUT2D eigenvalue weighted by molar-refractivity contribution is 0.0534. The lowest BCUT2D eigenvalue weighted by Gasteiger charge is -2.20. The van der Waals surface area contributed by atoms with Crippen LogP contribution in [0.5, 0.6) is 0 Å². The fraction of sp³-hybridized carbons (Fsp3) is 0.455. The van der Waals surface area contributed by atoms with Gasteiger partial charge in [-0.1, -0.05) is 0 Å². The van der Waals surface area contributed by atoms with E-state index < -0.39 is 11.7 Å². The summed E-state index contributed by atoms with van der Waals surface area (Å²) in [6.45, 7) is 7.09. The number of rotatable bonds is 1. The molecule has 0 saturated carbocycles. The molecular weight excluding hydrogens is 194 g/mol. The minimum Gasteiger partial charge on any atom is -0.443 e. The lowest BCUT2D eigenvalue weighted by atomic mass is 10.2. The van der Waals surface area contributed by atoms with Gasteiger partial charge >= 0.3 is 6.09 Å². The summed E-state index contributed by atoms with van der Waals surface area (Å²) in [4.78, 5) is 22.2. The molecule has 0 N–H and O–H groups in total. The number of hydrogen-bond acceptors (Lipinski definition) is 3. The third kappa shape index (κ3) is 2.68. The molecule has 15 heavy (non-hydrogen) atoms. The van der Waals surface area contributed by atoms with Crippen molar-refractivity contribution < 1.29 is 14.3 Å². The number of ether oxygens (including phenoxy) is 1. The minimum absolute atomic E-state index is 0.465. The second-order valence-electron chi connectivity index (χ2n) is 4.32. The van der Waals surface area contributed by atoms with E-state index in [9.17, 15) is 9.59 Å². The van der Waals surface area contributed by atoms with E-state index in [4.69, 9.17) is 4.74 Å². The van der Waals surface area contributed by atoms with Crippen LogP contribution in [-0.4, -0.2) is 22.5 Å². The van der Waals surface area contributed by atoms with Crippen LogP contribution in [0.25, 0.3) is 0 Å². The Kier molecular flexibility index (Phi) is 2.98. The molecule has 0 aromatic carbocycles. The van der Waals surface area contributed by atoms with Gasteiger partial charge in [0.1, 0.15) is 5.60 Å². The largest absolute Gasteiger partial charge is 0.443 e. The molecule has 0 amide bonds. The Labute approximate surface area is 88.8 Å². The molecule has 1 heterocycles. The van der Waals surface area contributed by atoms with Crippen molar-refractivity contribution in [2.45, 2.75) is 33.3 Å². The monoisotopic (exact) mass is 209 g/mol. The average molecular weight is 209 g/mol. The molecule has 82 valence electrons. The Balaban J connectivity index is 2.92. The quantitative estimate of drug-likeness (QED) is 0.667. The molecule has 1 aromatic heterocycles. The summed E-state index contributed by atoms with van der Waals surface area (Å²) < 4.78 is 6.50. The molecule has 0 aliphatic rings. The van der Waals surface area contributed by atoms with Gasteiger partial charge in [-0.2, -0.15) is 0 Å². The Morgan fingerprint density at radius 3 is 2.47 bits per heavy atom. The summed E-state index contributed by atoms with van der Waals surface area (Å²) >= 11 is 0. The van der Waals surface area contributed by atoms with E-state index >= 15 is 0 Å². The Morgan fingerprint density at radius 2 is 2.07 bits per heavy atom. The van der Waals surface area contributed by atoms with E-state index in [2.05, 4.69) is 0 Å². The minimum atomic E-state index is -0.533. The molecule has 0 saturated heterocycles. The second-order valence-corrected chi connectivity index (χ2v) is 4.32. The van der Waals surface area contributed by atoms with Crippen LogP contribution in [0.3, 0.4) is 0 Å². The summed E-state index contributed by atoms with van der Waals surface area (Å²) in [5.41, 5.74) is 0.565. The van der Waals surface area contributed by atoms with Gasteiger partial charge in [0.2, 0.25) is 0 Å². The zero-order chi connectivity index (χ0) is 11.6. The first-order chi connectivity index (χ1) is 6.85. The maximum Gasteiger partial charge on any atom is 0.418 e. The van der Waals surface area contributed by atoms with Crippen molar-refractivity contribution in [1.82, 2.24) is 4.57 Å². The van der Waals surface area contributed by atoms with Crippen molar-refractivity contribution >= 4 is 12.4 Å². The van der Waals surface area contributed by atoms with Crippen molar-refractivity contribution in [3.8, 4) is 0 Å². The summed E-state index contributed by atoms with van der Waals surface area (Å²) in [6, 6.07) is 1.59. The van der Waals surface area contributed by atoms with E-state index in [1.165, 1.54) is 10.8 Å². The zero-order valence-electron chi connectivity index (χ0n) is 9.40. The molecule has 0 aliphatic carbocycles. The van der Waals surface area contributed by atoms with E-state index in [0.29, 0.717) is 11.3 Å². The van der Waals surface area contributed by atoms with E-state index in [1.54, 1.807) is 33.8 Å². The highest BCUT2D eigenvalue weighted by atomic mass is 16.6. The molecule has 0 aliphatic heterocycles. The molecule has 1 rings (SSSR count). The highest BCUT2D eigenvalue weighted by molar-refractivity contribution is 5.81. The molecule has 4 nitrogen and oxygen atoms in total. The number of carbonyl (C=O) groups excluding carboxylic acids is 2. The predicted octanol–water partition coefficient (Wildman–Crippen LogP) is 2.39. The fourth-order valence-electron chi connectivity index (χ4n) is 1.16. The van der Waals surface area contributed by atoms with Crippen LogP contribution in [0.1, 0.15) is 36.8 Å². The van der Waals surface area contributed by atoms with Crippen molar-refractivity contribution in [3.05, 3.63) is 23.5 Å². The maximum atomic E-state index is 11.6. The van der Waals surface area contributed by atoms with Gasteiger partial charge in [-0.25, -0.2) is 4.79 Å². The Bertz CT molecular complexity index is 385. The molecule has 0 atom stereocenters. The predicted molar refractivity (Wildman–Crippen MR) is 56.2 cm³/mol. The van der Waals surface area contributed by atoms with Crippen LogP contribution < -0.4 is 0 Å². The van der Waals surface area contributed by atoms with Crippen LogP contribution in [0, 0.1) is 6.92 Å². The summed E-state index contributed by atoms with van der Waals surface area (Å²) in [7, 11) is 0. The van der Waals surface area contributed by atoms with Crippen LogP contribution in [0.15, 0.2) is 12.3 Å². The van der Waals surface area contributed by atoms with Crippen molar-refractivity contribution in [2.24, 2.45) is 0 Å². The standard InChI is InChI=1S/C11H15NO3/c1-8-9(7-13)5-6-12(8)10(14)15-11(2,3)4/h5-7H,1-4H3. The van der Waals surface area contributed by atoms with E-state index in [-0.39, 0.29) is 0 Å². The first-order valence-corrected chi connectivity index (χ1v) is 4.71. The Morgan fingerprint density at radius 1 is 1.47 bits per heavy atom. The van der Waals surface area contributed by atoms with Crippen LogP contribution in [-0.2, 0) is 4.74 Å². The van der Waals surface area contributed by atoms with Gasteiger partial charge in [-0.05, 0) is 33.8 Å². The lowest BCUT2D eigenvalue weighted by Crippen LogP contribution is -2.27. The number of nitrogens with zero attached hydrogens (tertiary/aromatic N) is 1. The van der Waals surface area contributed by atoms with Crippen molar-refractivity contribution in [2.75, 3.05) is 0 Å². The SMILES string of the molecule is Cc1c(C=O)ccn1C(=O)OC(C)(C)C. The van der Waals surface area contributed by atoms with Gasteiger partial charge < -0.3 is 4.74 Å². The van der Waals surface area contributed by atoms with Crippen LogP contribution in [0.2, 0.25) is 0 Å².